The minimum atomic E-state index is 0.168. The van der Waals surface area contributed by atoms with Crippen molar-refractivity contribution in [2.75, 3.05) is 5.75 Å². The van der Waals surface area contributed by atoms with E-state index in [0.29, 0.717) is 6.42 Å². The van der Waals surface area contributed by atoms with Crippen LogP contribution in [-0.4, -0.2) is 16.7 Å². The van der Waals surface area contributed by atoms with Crippen LogP contribution in [0.25, 0.3) is 10.8 Å². The molecule has 0 atom stereocenters. The molecular formula is C18H20O2S. The fraction of sp³-hybridized carbons (Fsp3) is 0.333. The molecule has 0 amide bonds. The molecule has 2 aromatic carbocycles. The van der Waals surface area contributed by atoms with Gasteiger partial charge < -0.3 is 0 Å². The monoisotopic (exact) mass is 300 g/mol. The van der Waals surface area contributed by atoms with Crippen molar-refractivity contribution in [3.05, 3.63) is 48.0 Å². The van der Waals surface area contributed by atoms with Crippen LogP contribution in [0.15, 0.2) is 42.5 Å². The van der Waals surface area contributed by atoms with Crippen LogP contribution >= 0.6 is 11.8 Å². The summed E-state index contributed by atoms with van der Waals surface area (Å²) in [5.74, 6) is 1.07. The first-order chi connectivity index (χ1) is 10.2. The van der Waals surface area contributed by atoms with E-state index in [-0.39, 0.29) is 10.9 Å². The zero-order valence-corrected chi connectivity index (χ0v) is 13.1. The number of hydrogen-bond acceptors (Lipinski definition) is 3. The summed E-state index contributed by atoms with van der Waals surface area (Å²) in [5.41, 5.74) is 0.825. The Hall–Kier alpha value is -1.61. The van der Waals surface area contributed by atoms with E-state index in [1.54, 1.807) is 6.92 Å². The molecule has 0 bridgehead atoms. The SMILES string of the molecule is CC(=O)SCCCCCC(=O)c1cccc2ccccc12. The third-order valence-electron chi connectivity index (χ3n) is 3.44. The molecule has 0 saturated carbocycles. The van der Waals surface area contributed by atoms with E-state index in [4.69, 9.17) is 0 Å². The van der Waals surface area contributed by atoms with Crippen LogP contribution in [0, 0.1) is 0 Å². The molecule has 0 fully saturated rings. The number of rotatable bonds is 7. The van der Waals surface area contributed by atoms with Crippen LogP contribution in [0.1, 0.15) is 43.0 Å². The zero-order chi connectivity index (χ0) is 15.1. The van der Waals surface area contributed by atoms with Crippen molar-refractivity contribution in [3.8, 4) is 0 Å². The first-order valence-electron chi connectivity index (χ1n) is 7.33. The lowest BCUT2D eigenvalue weighted by Gasteiger charge is -2.05. The van der Waals surface area contributed by atoms with Gasteiger partial charge in [0.15, 0.2) is 10.9 Å². The quantitative estimate of drug-likeness (QED) is 0.541. The largest absolute Gasteiger partial charge is 0.294 e. The average molecular weight is 300 g/mol. The highest BCUT2D eigenvalue weighted by Crippen LogP contribution is 2.20. The zero-order valence-electron chi connectivity index (χ0n) is 12.3. The molecule has 0 N–H and O–H groups in total. The van der Waals surface area contributed by atoms with Crippen LogP contribution < -0.4 is 0 Å². The van der Waals surface area contributed by atoms with Crippen LogP contribution in [0.4, 0.5) is 0 Å². The van der Waals surface area contributed by atoms with Gasteiger partial charge in [0.2, 0.25) is 0 Å². The topological polar surface area (TPSA) is 34.1 Å². The number of fused-ring (bicyclic) bond motifs is 1. The Balaban J connectivity index is 1.87. The molecule has 0 aliphatic carbocycles. The van der Waals surface area contributed by atoms with E-state index in [9.17, 15) is 9.59 Å². The van der Waals surface area contributed by atoms with Gasteiger partial charge in [0.1, 0.15) is 0 Å². The second-order valence-electron chi connectivity index (χ2n) is 5.10. The molecule has 0 aliphatic heterocycles. The number of unbranched alkanes of at least 4 members (excludes halogenated alkanes) is 2. The van der Waals surface area contributed by atoms with Crippen molar-refractivity contribution in [2.45, 2.75) is 32.6 Å². The summed E-state index contributed by atoms with van der Waals surface area (Å²) < 4.78 is 0. The number of carbonyl (C=O) groups excluding carboxylic acids is 2. The summed E-state index contributed by atoms with van der Waals surface area (Å²) in [6, 6.07) is 13.9. The van der Waals surface area contributed by atoms with Crippen molar-refractivity contribution in [2.24, 2.45) is 0 Å². The third-order valence-corrected chi connectivity index (χ3v) is 4.34. The molecule has 110 valence electrons. The first kappa shape index (κ1) is 15.8. The Morgan fingerprint density at radius 2 is 1.71 bits per heavy atom. The van der Waals surface area contributed by atoms with Gasteiger partial charge in [0, 0.05) is 24.7 Å². The number of benzene rings is 2. The lowest BCUT2D eigenvalue weighted by molar-refractivity contribution is -0.109. The Labute approximate surface area is 129 Å². The normalized spacial score (nSPS) is 10.7. The molecule has 0 heterocycles. The number of Topliss-reactive ketones (excluding diaryl/α,β-unsaturated/α-hetero) is 1. The Kier molecular flexibility index (Phi) is 6.00. The minimum absolute atomic E-state index is 0.168. The van der Waals surface area contributed by atoms with Crippen molar-refractivity contribution < 1.29 is 9.59 Å². The van der Waals surface area contributed by atoms with Crippen LogP contribution in [0.3, 0.4) is 0 Å². The van der Waals surface area contributed by atoms with Gasteiger partial charge in [0.05, 0.1) is 0 Å². The highest BCUT2D eigenvalue weighted by molar-refractivity contribution is 8.13. The molecule has 0 saturated heterocycles. The fourth-order valence-corrected chi connectivity index (χ4v) is 3.02. The highest BCUT2D eigenvalue weighted by atomic mass is 32.2. The Morgan fingerprint density at radius 3 is 2.52 bits per heavy atom. The summed E-state index contributed by atoms with van der Waals surface area (Å²) >= 11 is 1.36. The molecule has 2 aromatic rings. The molecule has 3 heteroatoms. The van der Waals surface area contributed by atoms with Gasteiger partial charge >= 0.3 is 0 Å². The van der Waals surface area contributed by atoms with E-state index in [1.165, 1.54) is 11.8 Å². The molecular weight excluding hydrogens is 280 g/mol. The maximum atomic E-state index is 12.3. The number of ketones is 1. The van der Waals surface area contributed by atoms with Crippen LogP contribution in [-0.2, 0) is 4.79 Å². The predicted molar refractivity (Wildman–Crippen MR) is 89.9 cm³/mol. The van der Waals surface area contributed by atoms with Gasteiger partial charge in [0.25, 0.3) is 0 Å². The van der Waals surface area contributed by atoms with Gasteiger partial charge in [-0.1, -0.05) is 60.6 Å². The minimum Gasteiger partial charge on any atom is -0.294 e. The second kappa shape index (κ2) is 7.99. The summed E-state index contributed by atoms with van der Waals surface area (Å²) in [5, 5.41) is 2.32. The molecule has 21 heavy (non-hydrogen) atoms. The van der Waals surface area contributed by atoms with Crippen molar-refractivity contribution >= 4 is 33.4 Å². The van der Waals surface area contributed by atoms with E-state index in [1.807, 2.05) is 42.5 Å². The van der Waals surface area contributed by atoms with E-state index in [0.717, 1.165) is 41.4 Å². The third kappa shape index (κ3) is 4.71. The lowest BCUT2D eigenvalue weighted by atomic mass is 9.98. The smallest absolute Gasteiger partial charge is 0.185 e. The average Bonchev–Trinajstić information content (AvgIpc) is 2.49. The Bertz CT molecular complexity index is 629. The van der Waals surface area contributed by atoms with Crippen LogP contribution in [0.2, 0.25) is 0 Å². The first-order valence-corrected chi connectivity index (χ1v) is 8.31. The molecule has 2 rings (SSSR count). The van der Waals surface area contributed by atoms with Gasteiger partial charge in [-0.05, 0) is 23.6 Å². The van der Waals surface area contributed by atoms with Crippen molar-refractivity contribution in [1.82, 2.24) is 0 Å². The summed E-state index contributed by atoms with van der Waals surface area (Å²) in [6.45, 7) is 1.59. The second-order valence-corrected chi connectivity index (χ2v) is 6.37. The van der Waals surface area contributed by atoms with Gasteiger partial charge in [-0.15, -0.1) is 0 Å². The molecule has 0 aliphatic rings. The molecule has 0 unspecified atom stereocenters. The van der Waals surface area contributed by atoms with E-state index >= 15 is 0 Å². The van der Waals surface area contributed by atoms with Crippen LogP contribution in [0.5, 0.6) is 0 Å². The number of carbonyl (C=O) groups is 2. The molecule has 0 spiro atoms. The summed E-state index contributed by atoms with van der Waals surface area (Å²) in [7, 11) is 0. The summed E-state index contributed by atoms with van der Waals surface area (Å²) in [6.07, 6.45) is 3.46. The van der Waals surface area contributed by atoms with Gasteiger partial charge in [-0.2, -0.15) is 0 Å². The maximum Gasteiger partial charge on any atom is 0.185 e. The molecule has 0 radical (unpaired) electrons. The number of hydrogen-bond donors (Lipinski definition) is 0. The van der Waals surface area contributed by atoms with Gasteiger partial charge in [-0.25, -0.2) is 0 Å². The van der Waals surface area contributed by atoms with Crippen molar-refractivity contribution in [3.63, 3.8) is 0 Å². The summed E-state index contributed by atoms with van der Waals surface area (Å²) in [4.78, 5) is 23.1. The number of thioether (sulfide) groups is 1. The van der Waals surface area contributed by atoms with E-state index < -0.39 is 0 Å². The van der Waals surface area contributed by atoms with E-state index in [2.05, 4.69) is 0 Å². The maximum absolute atomic E-state index is 12.3. The fourth-order valence-electron chi connectivity index (χ4n) is 2.38. The predicted octanol–water partition coefficient (Wildman–Crippen LogP) is 4.86. The standard InChI is InChI=1S/C18H20O2S/c1-14(19)21-13-6-2-3-12-18(20)17-11-7-9-15-8-4-5-10-16(15)17/h4-5,7-11H,2-3,6,12-13H2,1H3. The van der Waals surface area contributed by atoms with Crippen molar-refractivity contribution in [1.29, 1.82) is 0 Å². The molecule has 2 nitrogen and oxygen atoms in total. The molecule has 0 aromatic heterocycles. The lowest BCUT2D eigenvalue weighted by Crippen LogP contribution is -2.00. The van der Waals surface area contributed by atoms with Gasteiger partial charge in [-0.3, -0.25) is 9.59 Å². The highest BCUT2D eigenvalue weighted by Gasteiger charge is 2.09. The Morgan fingerprint density at radius 1 is 0.952 bits per heavy atom.